The zero-order valence-corrected chi connectivity index (χ0v) is 20.8. The Morgan fingerprint density at radius 3 is 2.51 bits per heavy atom. The molecule has 1 unspecified atom stereocenters. The zero-order valence-electron chi connectivity index (χ0n) is 20.0. The van der Waals surface area contributed by atoms with Crippen LogP contribution in [0, 0.1) is 0 Å². The van der Waals surface area contributed by atoms with Crippen molar-refractivity contribution in [1.29, 1.82) is 0 Å². The van der Waals surface area contributed by atoms with Crippen LogP contribution in [0.4, 0.5) is 0 Å². The summed E-state index contributed by atoms with van der Waals surface area (Å²) < 4.78 is 13.2. The molecule has 1 atom stereocenters. The number of nitrogens with zero attached hydrogens (tertiary/aromatic N) is 2. The molecule has 0 aliphatic carbocycles. The number of rotatable bonds is 6. The van der Waals surface area contributed by atoms with E-state index in [1.54, 1.807) is 44.2 Å². The van der Waals surface area contributed by atoms with Crippen LogP contribution in [0.25, 0.3) is 17.4 Å². The smallest absolute Gasteiger partial charge is 0.338 e. The Balaban J connectivity index is 1.59. The number of benzene rings is 2. The fraction of sp³-hybridized carbons (Fsp3) is 0.143. The van der Waals surface area contributed by atoms with Gasteiger partial charge < -0.3 is 14.3 Å². The van der Waals surface area contributed by atoms with Crippen LogP contribution in [0.15, 0.2) is 92.2 Å². The summed E-state index contributed by atoms with van der Waals surface area (Å²) in [6.07, 6.45) is 1.64. The van der Waals surface area contributed by atoms with Gasteiger partial charge in [0.2, 0.25) is 0 Å². The minimum Gasteiger partial charge on any atom is -0.478 e. The first-order chi connectivity index (χ1) is 17.9. The fourth-order valence-corrected chi connectivity index (χ4v) is 5.26. The minimum atomic E-state index is -1.00. The van der Waals surface area contributed by atoms with E-state index < -0.39 is 18.0 Å². The average Bonchev–Trinajstić information content (AvgIpc) is 3.48. The van der Waals surface area contributed by atoms with Crippen LogP contribution >= 0.6 is 11.3 Å². The second kappa shape index (κ2) is 9.87. The molecule has 8 nitrogen and oxygen atoms in total. The molecule has 1 N–H and O–H groups in total. The largest absolute Gasteiger partial charge is 0.478 e. The molecule has 5 rings (SSSR count). The van der Waals surface area contributed by atoms with Gasteiger partial charge in [0, 0.05) is 11.6 Å². The molecule has 0 spiro atoms. The molecule has 186 valence electrons. The first kappa shape index (κ1) is 24.2. The standard InChI is InChI=1S/C28H22N2O6S/c1-3-35-27(34)23-16(2)29-28-30(24(23)18-7-5-4-6-8-18)25(31)22(37-28)15-20-13-14-21(36-20)17-9-11-19(12-10-17)26(32)33/h4-15,24H,3H2,1-2H3,(H,32,33)/b22-15+. The summed E-state index contributed by atoms with van der Waals surface area (Å²) in [5.41, 5.74) is 2.21. The number of carboxylic acids is 1. The van der Waals surface area contributed by atoms with E-state index in [0.717, 1.165) is 5.56 Å². The molecule has 1 aliphatic rings. The summed E-state index contributed by atoms with van der Waals surface area (Å²) >= 11 is 1.21. The minimum absolute atomic E-state index is 0.182. The van der Waals surface area contributed by atoms with E-state index in [-0.39, 0.29) is 17.7 Å². The third-order valence-electron chi connectivity index (χ3n) is 5.95. The van der Waals surface area contributed by atoms with Gasteiger partial charge in [-0.05, 0) is 43.7 Å². The number of fused-ring (bicyclic) bond motifs is 1. The van der Waals surface area contributed by atoms with Crippen molar-refractivity contribution in [2.24, 2.45) is 4.99 Å². The number of thiazole rings is 1. The highest BCUT2D eigenvalue weighted by Gasteiger charge is 2.33. The number of hydrogen-bond donors (Lipinski definition) is 1. The Hall–Kier alpha value is -4.50. The van der Waals surface area contributed by atoms with E-state index in [9.17, 15) is 14.4 Å². The van der Waals surface area contributed by atoms with Gasteiger partial charge in [-0.3, -0.25) is 9.36 Å². The van der Waals surface area contributed by atoms with E-state index in [4.69, 9.17) is 14.3 Å². The van der Waals surface area contributed by atoms with Crippen molar-refractivity contribution in [2.75, 3.05) is 6.61 Å². The molecule has 1 aliphatic heterocycles. The Morgan fingerprint density at radius 1 is 1.11 bits per heavy atom. The maximum atomic E-state index is 13.6. The van der Waals surface area contributed by atoms with Crippen LogP contribution in [0.1, 0.15) is 41.6 Å². The van der Waals surface area contributed by atoms with E-state index >= 15 is 0 Å². The van der Waals surface area contributed by atoms with Crippen LogP contribution in [0.2, 0.25) is 0 Å². The zero-order chi connectivity index (χ0) is 26.1. The Bertz CT molecular complexity index is 1710. The number of carboxylic acid groups (broad SMARTS) is 1. The monoisotopic (exact) mass is 514 g/mol. The maximum Gasteiger partial charge on any atom is 0.338 e. The highest BCUT2D eigenvalue weighted by molar-refractivity contribution is 7.07. The number of furan rings is 1. The number of aromatic nitrogens is 1. The summed E-state index contributed by atoms with van der Waals surface area (Å²) in [5.74, 6) is -0.507. The Kier molecular flexibility index (Phi) is 6.45. The van der Waals surface area contributed by atoms with Crippen molar-refractivity contribution in [1.82, 2.24) is 4.57 Å². The number of esters is 1. The van der Waals surface area contributed by atoms with Crippen LogP contribution < -0.4 is 14.9 Å². The van der Waals surface area contributed by atoms with Crippen LogP contribution in [-0.2, 0) is 9.53 Å². The van der Waals surface area contributed by atoms with Gasteiger partial charge in [-0.15, -0.1) is 0 Å². The van der Waals surface area contributed by atoms with Crippen molar-refractivity contribution in [3.63, 3.8) is 0 Å². The lowest BCUT2D eigenvalue weighted by atomic mass is 9.96. The highest BCUT2D eigenvalue weighted by atomic mass is 32.1. The van der Waals surface area contributed by atoms with Gasteiger partial charge in [0.1, 0.15) is 11.5 Å². The second-order valence-electron chi connectivity index (χ2n) is 8.30. The molecule has 9 heteroatoms. The van der Waals surface area contributed by atoms with Crippen LogP contribution in [0.5, 0.6) is 0 Å². The number of hydrogen-bond acceptors (Lipinski definition) is 7. The summed E-state index contributed by atoms with van der Waals surface area (Å²) in [4.78, 5) is 42.7. The van der Waals surface area contributed by atoms with E-state index in [1.807, 2.05) is 30.3 Å². The Morgan fingerprint density at radius 2 is 1.84 bits per heavy atom. The predicted molar refractivity (Wildman–Crippen MR) is 138 cm³/mol. The van der Waals surface area contributed by atoms with Gasteiger partial charge in [0.25, 0.3) is 5.56 Å². The first-order valence-corrected chi connectivity index (χ1v) is 12.4. The van der Waals surface area contributed by atoms with Gasteiger partial charge in [0.05, 0.1) is 34.0 Å². The van der Waals surface area contributed by atoms with Gasteiger partial charge >= 0.3 is 11.9 Å². The van der Waals surface area contributed by atoms with Crippen LogP contribution in [-0.4, -0.2) is 28.2 Å². The third kappa shape index (κ3) is 4.56. The van der Waals surface area contributed by atoms with Crippen molar-refractivity contribution in [2.45, 2.75) is 19.9 Å². The van der Waals surface area contributed by atoms with E-state index in [0.29, 0.717) is 37.7 Å². The van der Waals surface area contributed by atoms with E-state index in [1.165, 1.54) is 28.0 Å². The molecule has 0 fully saturated rings. The van der Waals surface area contributed by atoms with Gasteiger partial charge in [0.15, 0.2) is 4.80 Å². The number of aromatic carboxylic acids is 1. The van der Waals surface area contributed by atoms with Crippen molar-refractivity contribution < 1.29 is 23.8 Å². The number of allylic oxidation sites excluding steroid dienone is 1. The Labute approximate surface area is 215 Å². The van der Waals surface area contributed by atoms with Gasteiger partial charge in [-0.1, -0.05) is 53.8 Å². The molecular formula is C28H22N2O6S. The summed E-state index contributed by atoms with van der Waals surface area (Å²) in [5, 5.41) is 9.10. The lowest BCUT2D eigenvalue weighted by molar-refractivity contribution is -0.139. The summed E-state index contributed by atoms with van der Waals surface area (Å²) in [6.45, 7) is 3.69. The SMILES string of the molecule is CCOC(=O)C1=C(C)N=c2s/c(=C/c3ccc(-c4ccc(C(=O)O)cc4)o3)c(=O)n2C1c1ccccc1. The first-order valence-electron chi connectivity index (χ1n) is 11.6. The molecule has 0 radical (unpaired) electrons. The third-order valence-corrected chi connectivity index (χ3v) is 6.93. The quantitative estimate of drug-likeness (QED) is 0.392. The summed E-state index contributed by atoms with van der Waals surface area (Å²) in [7, 11) is 0. The fourth-order valence-electron chi connectivity index (χ4n) is 4.23. The molecule has 0 saturated heterocycles. The number of carbonyl (C=O) groups excluding carboxylic acids is 1. The molecule has 2 aromatic heterocycles. The average molecular weight is 515 g/mol. The maximum absolute atomic E-state index is 13.6. The molecule has 3 heterocycles. The molecule has 0 amide bonds. The molecule has 4 aromatic rings. The molecule has 37 heavy (non-hydrogen) atoms. The normalized spacial score (nSPS) is 15.3. The predicted octanol–water partition coefficient (Wildman–Crippen LogP) is 3.76. The molecule has 0 bridgehead atoms. The van der Waals surface area contributed by atoms with Crippen molar-refractivity contribution in [3.05, 3.63) is 115 Å². The molecule has 2 aromatic carbocycles. The van der Waals surface area contributed by atoms with Crippen molar-refractivity contribution >= 4 is 29.4 Å². The number of carbonyl (C=O) groups is 2. The molecule has 0 saturated carbocycles. The van der Waals surface area contributed by atoms with Gasteiger partial charge in [-0.2, -0.15) is 0 Å². The number of ether oxygens (including phenoxy) is 1. The van der Waals surface area contributed by atoms with Gasteiger partial charge in [-0.25, -0.2) is 14.6 Å². The lowest BCUT2D eigenvalue weighted by Crippen LogP contribution is -2.39. The van der Waals surface area contributed by atoms with Crippen molar-refractivity contribution in [3.8, 4) is 11.3 Å². The topological polar surface area (TPSA) is 111 Å². The highest BCUT2D eigenvalue weighted by Crippen LogP contribution is 2.30. The second-order valence-corrected chi connectivity index (χ2v) is 9.31. The molecular weight excluding hydrogens is 492 g/mol. The lowest BCUT2D eigenvalue weighted by Gasteiger charge is -2.24. The van der Waals surface area contributed by atoms with E-state index in [2.05, 4.69) is 4.99 Å². The summed E-state index contributed by atoms with van der Waals surface area (Å²) in [6, 6.07) is 18.5. The van der Waals surface area contributed by atoms with Crippen LogP contribution in [0.3, 0.4) is 0 Å².